The molecule has 2 aromatic carbocycles. The number of nitrogens with one attached hydrogen (secondary N) is 1. The summed E-state index contributed by atoms with van der Waals surface area (Å²) in [6.45, 7) is 8.14. The predicted octanol–water partition coefficient (Wildman–Crippen LogP) is 4.88. The summed E-state index contributed by atoms with van der Waals surface area (Å²) in [5, 5.41) is 0.887. The molecule has 188 valence electrons. The van der Waals surface area contributed by atoms with E-state index in [4.69, 9.17) is 14.2 Å². The first-order valence-electron chi connectivity index (χ1n) is 11.9. The molecular weight excluding hydrogens is 465 g/mol. The molecule has 10 heteroatoms. The molecule has 1 aliphatic heterocycles. The molecule has 0 spiro atoms. The maximum absolute atomic E-state index is 15.2. The molecule has 5 rings (SSSR count). The number of aromatic amines is 1. The molecule has 0 aliphatic carbocycles. The number of halogens is 1. The lowest BCUT2D eigenvalue weighted by Crippen LogP contribution is -2.53. The quantitative estimate of drug-likeness (QED) is 0.423. The van der Waals surface area contributed by atoms with Crippen molar-refractivity contribution in [3.05, 3.63) is 48.2 Å². The summed E-state index contributed by atoms with van der Waals surface area (Å²) in [5.74, 6) is 0.266. The average molecular weight is 494 g/mol. The van der Waals surface area contributed by atoms with E-state index in [0.717, 1.165) is 18.8 Å². The Morgan fingerprint density at radius 3 is 2.75 bits per heavy atom. The Kier molecular flexibility index (Phi) is 6.36. The minimum absolute atomic E-state index is 0.00411. The third kappa shape index (κ3) is 4.51. The highest BCUT2D eigenvalue weighted by molar-refractivity contribution is 5.88. The highest BCUT2D eigenvalue weighted by Crippen LogP contribution is 2.38. The van der Waals surface area contributed by atoms with Gasteiger partial charge in [0.1, 0.15) is 6.33 Å². The second kappa shape index (κ2) is 9.62. The van der Waals surface area contributed by atoms with Crippen LogP contribution in [0.5, 0.6) is 23.1 Å². The van der Waals surface area contributed by atoms with Crippen LogP contribution in [-0.4, -0.2) is 70.2 Å². The molecule has 1 aliphatic rings. The number of amides is 1. The molecule has 36 heavy (non-hydrogen) atoms. The number of H-pyrrole nitrogens is 1. The van der Waals surface area contributed by atoms with Crippen molar-refractivity contribution in [1.82, 2.24) is 24.8 Å². The topological polar surface area (TPSA) is 92.8 Å². The molecule has 1 N–H and O–H groups in total. The monoisotopic (exact) mass is 493 g/mol. The number of hydrogen-bond acceptors (Lipinski definition) is 7. The number of likely N-dealkylation sites (N-methyl/N-ethyl adjacent to an activating group) is 1. The zero-order valence-corrected chi connectivity index (χ0v) is 20.7. The van der Waals surface area contributed by atoms with Crippen LogP contribution < -0.4 is 14.2 Å². The van der Waals surface area contributed by atoms with Gasteiger partial charge in [-0.25, -0.2) is 19.2 Å². The lowest BCUT2D eigenvalue weighted by atomic mass is 10.2. The van der Waals surface area contributed by atoms with E-state index in [2.05, 4.69) is 19.9 Å². The fraction of sp³-hybridized carbons (Fsp3) is 0.346. The standard InChI is InChI=1S/C26H28FN5O4/c1-5-34-22-12-20-18(11-23(22)36-26(33)32-9-8-31(4)13-16(32)3)25(29-14-28-20)35-21-7-6-19-17(24(21)27)10-15(2)30-19/h6-7,10-12,14,16,30H,5,8-9,13H2,1-4H3/t16-/m1/s1. The Hall–Kier alpha value is -3.92. The van der Waals surface area contributed by atoms with Crippen LogP contribution in [0.3, 0.4) is 0 Å². The van der Waals surface area contributed by atoms with Crippen molar-refractivity contribution in [3.8, 4) is 23.1 Å². The molecule has 4 aromatic rings. The second-order valence-corrected chi connectivity index (χ2v) is 8.99. The highest BCUT2D eigenvalue weighted by Gasteiger charge is 2.28. The predicted molar refractivity (Wildman–Crippen MR) is 133 cm³/mol. The first-order valence-corrected chi connectivity index (χ1v) is 11.9. The summed E-state index contributed by atoms with van der Waals surface area (Å²) in [6.07, 6.45) is 0.872. The van der Waals surface area contributed by atoms with Gasteiger partial charge in [-0.05, 0) is 52.1 Å². The average Bonchev–Trinajstić information content (AvgIpc) is 3.23. The summed E-state index contributed by atoms with van der Waals surface area (Å²) < 4.78 is 32.6. The Balaban J connectivity index is 1.50. The molecule has 1 atom stereocenters. The van der Waals surface area contributed by atoms with E-state index in [-0.39, 0.29) is 23.4 Å². The zero-order valence-electron chi connectivity index (χ0n) is 20.7. The number of nitrogens with zero attached hydrogens (tertiary/aromatic N) is 4. The lowest BCUT2D eigenvalue weighted by Gasteiger charge is -2.37. The van der Waals surface area contributed by atoms with Gasteiger partial charge in [-0.15, -0.1) is 0 Å². The fourth-order valence-corrected chi connectivity index (χ4v) is 4.50. The van der Waals surface area contributed by atoms with E-state index >= 15 is 4.39 Å². The number of hydrogen-bond donors (Lipinski definition) is 1. The van der Waals surface area contributed by atoms with Crippen LogP contribution in [-0.2, 0) is 0 Å². The van der Waals surface area contributed by atoms with E-state index in [0.29, 0.717) is 40.7 Å². The summed E-state index contributed by atoms with van der Waals surface area (Å²) in [5.41, 5.74) is 2.03. The number of carbonyl (C=O) groups is 1. The van der Waals surface area contributed by atoms with Gasteiger partial charge in [0.05, 0.1) is 17.5 Å². The maximum atomic E-state index is 15.2. The van der Waals surface area contributed by atoms with Crippen LogP contribution in [0.1, 0.15) is 19.5 Å². The Bertz CT molecular complexity index is 1440. The number of piperazine rings is 1. The molecule has 9 nitrogen and oxygen atoms in total. The number of aryl methyl sites for hydroxylation is 1. The lowest BCUT2D eigenvalue weighted by molar-refractivity contribution is 0.0884. The van der Waals surface area contributed by atoms with Crippen molar-refractivity contribution < 1.29 is 23.4 Å². The molecule has 0 unspecified atom stereocenters. The molecule has 0 bridgehead atoms. The van der Waals surface area contributed by atoms with Gasteiger partial charge in [0, 0.05) is 48.3 Å². The van der Waals surface area contributed by atoms with E-state index in [1.165, 1.54) is 6.33 Å². The third-order valence-electron chi connectivity index (χ3n) is 6.27. The van der Waals surface area contributed by atoms with Crippen LogP contribution in [0.4, 0.5) is 9.18 Å². The SMILES string of the molecule is CCOc1cc2ncnc(Oc3ccc4[nH]c(C)cc4c3F)c2cc1OC(=O)N1CCN(C)C[C@H]1C. The number of benzene rings is 2. The number of carbonyl (C=O) groups excluding carboxylic acids is 1. The van der Waals surface area contributed by atoms with Crippen LogP contribution in [0.2, 0.25) is 0 Å². The number of fused-ring (bicyclic) bond motifs is 2. The van der Waals surface area contributed by atoms with Crippen LogP contribution in [0.25, 0.3) is 21.8 Å². The molecular formula is C26H28FN5O4. The highest BCUT2D eigenvalue weighted by atomic mass is 19.1. The van der Waals surface area contributed by atoms with Gasteiger partial charge in [-0.3, -0.25) is 0 Å². The van der Waals surface area contributed by atoms with Crippen LogP contribution in [0.15, 0.2) is 36.7 Å². The summed E-state index contributed by atoms with van der Waals surface area (Å²) in [7, 11) is 2.02. The van der Waals surface area contributed by atoms with Gasteiger partial charge in [0.15, 0.2) is 23.1 Å². The van der Waals surface area contributed by atoms with Crippen molar-refractivity contribution >= 4 is 27.9 Å². The van der Waals surface area contributed by atoms with Crippen molar-refractivity contribution in [2.24, 2.45) is 0 Å². The van der Waals surface area contributed by atoms with E-state index in [1.807, 2.05) is 27.8 Å². The van der Waals surface area contributed by atoms with Crippen molar-refractivity contribution in [2.75, 3.05) is 33.3 Å². The second-order valence-electron chi connectivity index (χ2n) is 8.99. The molecule has 1 fully saturated rings. The van der Waals surface area contributed by atoms with Crippen LogP contribution in [0, 0.1) is 12.7 Å². The summed E-state index contributed by atoms with van der Waals surface area (Å²) in [4.78, 5) is 28.5. The van der Waals surface area contributed by atoms with E-state index in [1.54, 1.807) is 35.2 Å². The van der Waals surface area contributed by atoms with E-state index in [9.17, 15) is 4.79 Å². The van der Waals surface area contributed by atoms with Crippen LogP contribution >= 0.6 is 0 Å². The number of rotatable bonds is 5. The molecule has 2 aromatic heterocycles. The largest absolute Gasteiger partial charge is 0.490 e. The summed E-state index contributed by atoms with van der Waals surface area (Å²) in [6, 6.07) is 8.29. The Morgan fingerprint density at radius 2 is 1.97 bits per heavy atom. The van der Waals surface area contributed by atoms with Crippen molar-refractivity contribution in [1.29, 1.82) is 0 Å². The van der Waals surface area contributed by atoms with Gasteiger partial charge in [-0.2, -0.15) is 0 Å². The number of aromatic nitrogens is 3. The first kappa shape index (κ1) is 23.8. The first-order chi connectivity index (χ1) is 17.3. The molecule has 0 radical (unpaired) electrons. The van der Waals surface area contributed by atoms with Crippen molar-refractivity contribution in [2.45, 2.75) is 26.8 Å². The molecule has 1 amide bonds. The van der Waals surface area contributed by atoms with Gasteiger partial charge < -0.3 is 29.0 Å². The van der Waals surface area contributed by atoms with Gasteiger partial charge in [0.2, 0.25) is 5.88 Å². The molecule has 3 heterocycles. The zero-order chi connectivity index (χ0) is 25.4. The molecule has 0 saturated carbocycles. The smallest absolute Gasteiger partial charge is 0.415 e. The van der Waals surface area contributed by atoms with E-state index < -0.39 is 11.9 Å². The molecule has 1 saturated heterocycles. The third-order valence-corrected chi connectivity index (χ3v) is 6.27. The number of ether oxygens (including phenoxy) is 3. The minimum Gasteiger partial charge on any atom is -0.490 e. The van der Waals surface area contributed by atoms with Crippen molar-refractivity contribution in [3.63, 3.8) is 0 Å². The Morgan fingerprint density at radius 1 is 1.14 bits per heavy atom. The van der Waals surface area contributed by atoms with Gasteiger partial charge >= 0.3 is 6.09 Å². The van der Waals surface area contributed by atoms with Gasteiger partial charge in [-0.1, -0.05) is 0 Å². The van der Waals surface area contributed by atoms with Gasteiger partial charge in [0.25, 0.3) is 0 Å². The normalized spacial score (nSPS) is 16.5. The minimum atomic E-state index is -0.495. The fourth-order valence-electron chi connectivity index (χ4n) is 4.50. The summed E-state index contributed by atoms with van der Waals surface area (Å²) >= 11 is 0. The maximum Gasteiger partial charge on any atom is 0.415 e. The Labute approximate surface area is 207 Å².